The first-order valence-corrected chi connectivity index (χ1v) is 8.63. The number of nitrogens with zero attached hydrogens (tertiary/aromatic N) is 1. The third-order valence-electron chi connectivity index (χ3n) is 4.53. The van der Waals surface area contributed by atoms with Crippen LogP contribution in [-0.4, -0.2) is 55.7 Å². The van der Waals surface area contributed by atoms with E-state index < -0.39 is 24.7 Å². The van der Waals surface area contributed by atoms with E-state index in [0.717, 1.165) is 0 Å². The molecular formula is C17H19ClF3N3O2. The molecule has 1 aromatic heterocycles. The van der Waals surface area contributed by atoms with Crippen molar-refractivity contribution in [3.8, 4) is 0 Å². The molecule has 1 atom stereocenters. The van der Waals surface area contributed by atoms with Crippen molar-refractivity contribution in [2.75, 3.05) is 32.7 Å². The van der Waals surface area contributed by atoms with Crippen LogP contribution in [0.2, 0.25) is 5.02 Å². The van der Waals surface area contributed by atoms with Crippen LogP contribution >= 0.6 is 11.6 Å². The summed E-state index contributed by atoms with van der Waals surface area (Å²) in [6.07, 6.45) is -4.43. The molecule has 1 aliphatic rings. The lowest BCUT2D eigenvalue weighted by molar-refractivity contribution is -0.183. The monoisotopic (exact) mass is 389 g/mol. The molecule has 0 radical (unpaired) electrons. The summed E-state index contributed by atoms with van der Waals surface area (Å²) >= 11 is 5.94. The molecule has 0 aliphatic carbocycles. The van der Waals surface area contributed by atoms with Gasteiger partial charge in [0.25, 0.3) is 5.91 Å². The van der Waals surface area contributed by atoms with Crippen molar-refractivity contribution in [2.24, 2.45) is 0 Å². The van der Waals surface area contributed by atoms with Crippen LogP contribution in [0.15, 0.2) is 22.6 Å². The molecule has 2 aromatic rings. The van der Waals surface area contributed by atoms with Gasteiger partial charge in [-0.3, -0.25) is 9.69 Å². The number of nitrogens with one attached hydrogen (secondary N) is 2. The number of hydrogen-bond acceptors (Lipinski definition) is 4. The van der Waals surface area contributed by atoms with Gasteiger partial charge in [-0.25, -0.2) is 0 Å². The number of piperazine rings is 1. The van der Waals surface area contributed by atoms with Gasteiger partial charge in [0.15, 0.2) is 5.76 Å². The van der Waals surface area contributed by atoms with E-state index in [2.05, 4.69) is 10.6 Å². The van der Waals surface area contributed by atoms with Crippen LogP contribution in [-0.2, 0) is 0 Å². The number of carbonyl (C=O) groups excluding carboxylic acids is 1. The Bertz CT molecular complexity index is 800. The van der Waals surface area contributed by atoms with E-state index in [0.29, 0.717) is 34.6 Å². The lowest BCUT2D eigenvalue weighted by Gasteiger charge is -2.35. The SMILES string of the molecule is Cc1c(C(=O)NCC(N2CCNCC2)C(F)(F)F)oc2ccc(Cl)cc12. The second-order valence-electron chi connectivity index (χ2n) is 6.25. The van der Waals surface area contributed by atoms with E-state index in [-0.39, 0.29) is 18.8 Å². The maximum absolute atomic E-state index is 13.4. The van der Waals surface area contributed by atoms with Gasteiger partial charge in [0.1, 0.15) is 11.6 Å². The molecule has 1 fully saturated rings. The van der Waals surface area contributed by atoms with Gasteiger partial charge < -0.3 is 15.1 Å². The molecule has 0 bridgehead atoms. The van der Waals surface area contributed by atoms with Crippen LogP contribution in [0.3, 0.4) is 0 Å². The number of benzene rings is 1. The number of furan rings is 1. The average Bonchev–Trinajstić information content (AvgIpc) is 2.91. The summed E-state index contributed by atoms with van der Waals surface area (Å²) < 4.78 is 45.7. The minimum atomic E-state index is -4.43. The molecule has 2 N–H and O–H groups in total. The number of rotatable bonds is 4. The van der Waals surface area contributed by atoms with Crippen molar-refractivity contribution >= 4 is 28.5 Å². The Balaban J connectivity index is 1.75. The van der Waals surface area contributed by atoms with Crippen molar-refractivity contribution in [3.63, 3.8) is 0 Å². The molecule has 142 valence electrons. The van der Waals surface area contributed by atoms with Gasteiger partial charge in [-0.2, -0.15) is 13.2 Å². The van der Waals surface area contributed by atoms with Gasteiger partial charge in [-0.05, 0) is 25.1 Å². The maximum Gasteiger partial charge on any atom is 0.405 e. The quantitative estimate of drug-likeness (QED) is 0.844. The van der Waals surface area contributed by atoms with Crippen LogP contribution in [0, 0.1) is 6.92 Å². The fraction of sp³-hybridized carbons (Fsp3) is 0.471. The Hall–Kier alpha value is -1.77. The van der Waals surface area contributed by atoms with Gasteiger partial charge in [-0.1, -0.05) is 11.6 Å². The summed E-state index contributed by atoms with van der Waals surface area (Å²) in [5.41, 5.74) is 1.01. The second-order valence-corrected chi connectivity index (χ2v) is 6.69. The van der Waals surface area contributed by atoms with E-state index in [1.54, 1.807) is 25.1 Å². The zero-order valence-corrected chi connectivity index (χ0v) is 14.9. The van der Waals surface area contributed by atoms with Gasteiger partial charge in [-0.15, -0.1) is 0 Å². The Morgan fingerprint density at radius 1 is 1.38 bits per heavy atom. The zero-order valence-electron chi connectivity index (χ0n) is 14.1. The highest BCUT2D eigenvalue weighted by Gasteiger charge is 2.44. The summed E-state index contributed by atoms with van der Waals surface area (Å²) in [5, 5.41) is 6.54. The number of halogens is 4. The second kappa shape index (κ2) is 7.46. The molecule has 1 aromatic carbocycles. The van der Waals surface area contributed by atoms with E-state index in [4.69, 9.17) is 16.0 Å². The molecular weight excluding hydrogens is 371 g/mol. The lowest BCUT2D eigenvalue weighted by atomic mass is 10.1. The van der Waals surface area contributed by atoms with Gasteiger partial charge in [0.2, 0.25) is 0 Å². The summed E-state index contributed by atoms with van der Waals surface area (Å²) in [6, 6.07) is 3.18. The number of fused-ring (bicyclic) bond motifs is 1. The predicted molar refractivity (Wildman–Crippen MR) is 92.6 cm³/mol. The van der Waals surface area contributed by atoms with E-state index in [1.165, 1.54) is 4.90 Å². The van der Waals surface area contributed by atoms with Gasteiger partial charge in [0.05, 0.1) is 0 Å². The van der Waals surface area contributed by atoms with Crippen LogP contribution in [0.25, 0.3) is 11.0 Å². The van der Waals surface area contributed by atoms with Crippen molar-refractivity contribution in [3.05, 3.63) is 34.5 Å². The predicted octanol–water partition coefficient (Wildman–Crippen LogP) is 2.96. The molecule has 1 aliphatic heterocycles. The highest BCUT2D eigenvalue weighted by atomic mass is 35.5. The van der Waals surface area contributed by atoms with Crippen molar-refractivity contribution in [2.45, 2.75) is 19.1 Å². The first kappa shape index (κ1) is 19.0. The first-order chi connectivity index (χ1) is 12.3. The number of alkyl halides is 3. The summed E-state index contributed by atoms with van der Waals surface area (Å²) in [6.45, 7) is 2.69. The molecule has 0 spiro atoms. The minimum Gasteiger partial charge on any atom is -0.451 e. The fourth-order valence-electron chi connectivity index (χ4n) is 3.13. The summed E-state index contributed by atoms with van der Waals surface area (Å²) in [4.78, 5) is 13.7. The molecule has 2 heterocycles. The van der Waals surface area contributed by atoms with E-state index in [9.17, 15) is 18.0 Å². The standard InChI is InChI=1S/C17H19ClF3N3O2/c1-10-12-8-11(18)2-3-13(12)26-15(10)16(25)23-9-14(17(19,20)21)24-6-4-22-5-7-24/h2-3,8,14,22H,4-7,9H2,1H3,(H,23,25). The third kappa shape index (κ3) is 3.97. The summed E-state index contributed by atoms with van der Waals surface area (Å²) in [7, 11) is 0. The van der Waals surface area contributed by atoms with Crippen LogP contribution in [0.1, 0.15) is 16.1 Å². The zero-order chi connectivity index (χ0) is 18.9. The molecule has 26 heavy (non-hydrogen) atoms. The molecule has 3 rings (SSSR count). The van der Waals surface area contributed by atoms with E-state index >= 15 is 0 Å². The Kier molecular flexibility index (Phi) is 5.45. The molecule has 5 nitrogen and oxygen atoms in total. The van der Waals surface area contributed by atoms with Gasteiger partial charge >= 0.3 is 6.18 Å². The number of amides is 1. The highest BCUT2D eigenvalue weighted by molar-refractivity contribution is 6.31. The normalized spacial score (nSPS) is 17.4. The van der Waals surface area contributed by atoms with Crippen LogP contribution in [0.4, 0.5) is 13.2 Å². The Morgan fingerprint density at radius 2 is 2.08 bits per heavy atom. The topological polar surface area (TPSA) is 57.5 Å². The summed E-state index contributed by atoms with van der Waals surface area (Å²) in [5.74, 6) is -0.664. The maximum atomic E-state index is 13.4. The first-order valence-electron chi connectivity index (χ1n) is 8.25. The Morgan fingerprint density at radius 3 is 2.73 bits per heavy atom. The number of carbonyl (C=O) groups is 1. The molecule has 1 unspecified atom stereocenters. The molecule has 1 amide bonds. The largest absolute Gasteiger partial charge is 0.451 e. The van der Waals surface area contributed by atoms with E-state index in [1.807, 2.05) is 0 Å². The highest BCUT2D eigenvalue weighted by Crippen LogP contribution is 2.28. The van der Waals surface area contributed by atoms with Crippen molar-refractivity contribution in [1.29, 1.82) is 0 Å². The molecule has 1 saturated heterocycles. The lowest BCUT2D eigenvalue weighted by Crippen LogP contribution is -2.57. The van der Waals surface area contributed by atoms with Crippen molar-refractivity contribution < 1.29 is 22.4 Å². The number of hydrogen-bond donors (Lipinski definition) is 2. The Labute approximate surface area is 153 Å². The van der Waals surface area contributed by atoms with Crippen LogP contribution in [0.5, 0.6) is 0 Å². The minimum absolute atomic E-state index is 0.00324. The average molecular weight is 390 g/mol. The van der Waals surface area contributed by atoms with Gasteiger partial charge in [0, 0.05) is 48.7 Å². The van der Waals surface area contributed by atoms with Crippen molar-refractivity contribution in [1.82, 2.24) is 15.5 Å². The molecule has 0 saturated carbocycles. The fourth-order valence-corrected chi connectivity index (χ4v) is 3.30. The third-order valence-corrected chi connectivity index (χ3v) is 4.77. The van der Waals surface area contributed by atoms with Crippen LogP contribution < -0.4 is 10.6 Å². The molecule has 9 heteroatoms. The smallest absolute Gasteiger partial charge is 0.405 e. The number of aryl methyl sites for hydroxylation is 1.